The van der Waals surface area contributed by atoms with E-state index in [2.05, 4.69) is 36.2 Å². The van der Waals surface area contributed by atoms with Gasteiger partial charge in [0, 0.05) is 28.1 Å². The van der Waals surface area contributed by atoms with Gasteiger partial charge in [-0.2, -0.15) is 0 Å². The summed E-state index contributed by atoms with van der Waals surface area (Å²) in [4.78, 5) is 24.6. The second-order valence-corrected chi connectivity index (χ2v) is 6.40. The van der Waals surface area contributed by atoms with E-state index in [1.54, 1.807) is 18.5 Å². The molecule has 2 N–H and O–H groups in total. The van der Waals surface area contributed by atoms with Crippen molar-refractivity contribution in [3.05, 3.63) is 77.0 Å². The Morgan fingerprint density at radius 2 is 1.84 bits per heavy atom. The molecular formula is C19H13BrN4O. The minimum Gasteiger partial charge on any atom is -0.338 e. The van der Waals surface area contributed by atoms with Crippen LogP contribution < -0.4 is 5.32 Å². The maximum atomic E-state index is 12.7. The highest BCUT2D eigenvalue weighted by Crippen LogP contribution is 2.23. The van der Waals surface area contributed by atoms with Crippen LogP contribution in [0.4, 0.5) is 5.69 Å². The van der Waals surface area contributed by atoms with Gasteiger partial charge in [0.2, 0.25) is 0 Å². The number of rotatable bonds is 3. The number of benzene rings is 2. The van der Waals surface area contributed by atoms with E-state index in [9.17, 15) is 4.79 Å². The van der Waals surface area contributed by atoms with Gasteiger partial charge in [0.05, 0.1) is 11.1 Å². The molecule has 2 aromatic carbocycles. The zero-order chi connectivity index (χ0) is 17.2. The molecule has 0 bridgehead atoms. The number of carbonyl (C=O) groups is 1. The molecule has 2 aromatic heterocycles. The van der Waals surface area contributed by atoms with E-state index < -0.39 is 0 Å². The maximum absolute atomic E-state index is 12.7. The lowest BCUT2D eigenvalue weighted by molar-refractivity contribution is 0.102. The molecule has 0 radical (unpaired) electrons. The summed E-state index contributed by atoms with van der Waals surface area (Å²) < 4.78 is 0.906. The molecule has 0 aliphatic carbocycles. The number of aromatic amines is 1. The summed E-state index contributed by atoms with van der Waals surface area (Å²) >= 11 is 3.40. The van der Waals surface area contributed by atoms with Crippen molar-refractivity contribution in [3.63, 3.8) is 0 Å². The van der Waals surface area contributed by atoms with Crippen LogP contribution in [0.5, 0.6) is 0 Å². The third-order valence-electron chi connectivity index (χ3n) is 3.79. The molecule has 2 heterocycles. The van der Waals surface area contributed by atoms with E-state index in [-0.39, 0.29) is 5.91 Å². The van der Waals surface area contributed by atoms with E-state index in [1.165, 1.54) is 0 Å². The summed E-state index contributed by atoms with van der Waals surface area (Å²) in [6.07, 6.45) is 3.42. The SMILES string of the molecule is O=C(Nc1cccc(Br)c1)c1cccc2[nH]c(-c3ccncc3)nc12. The molecule has 122 valence electrons. The molecule has 0 aliphatic heterocycles. The van der Waals surface area contributed by atoms with E-state index in [0.717, 1.165) is 21.2 Å². The lowest BCUT2D eigenvalue weighted by Crippen LogP contribution is -2.12. The van der Waals surface area contributed by atoms with Gasteiger partial charge < -0.3 is 10.3 Å². The number of imidazole rings is 1. The number of hydrogen-bond acceptors (Lipinski definition) is 3. The normalized spacial score (nSPS) is 10.8. The van der Waals surface area contributed by atoms with Crippen LogP contribution >= 0.6 is 15.9 Å². The Morgan fingerprint density at radius 3 is 2.64 bits per heavy atom. The first-order chi connectivity index (χ1) is 12.2. The number of anilines is 1. The van der Waals surface area contributed by atoms with E-state index in [1.807, 2.05) is 48.5 Å². The van der Waals surface area contributed by atoms with Gasteiger partial charge in [-0.3, -0.25) is 9.78 Å². The number of halogens is 1. The van der Waals surface area contributed by atoms with Crippen molar-refractivity contribution in [2.24, 2.45) is 0 Å². The predicted octanol–water partition coefficient (Wildman–Crippen LogP) is 4.64. The summed E-state index contributed by atoms with van der Waals surface area (Å²) in [5, 5.41) is 2.91. The monoisotopic (exact) mass is 392 g/mol. The molecule has 1 amide bonds. The van der Waals surface area contributed by atoms with Crippen molar-refractivity contribution in [2.45, 2.75) is 0 Å². The molecule has 4 rings (SSSR count). The molecule has 5 nitrogen and oxygen atoms in total. The molecule has 0 spiro atoms. The van der Waals surface area contributed by atoms with Gasteiger partial charge in [-0.25, -0.2) is 4.98 Å². The van der Waals surface area contributed by atoms with Gasteiger partial charge in [-0.05, 0) is 42.5 Å². The van der Waals surface area contributed by atoms with Gasteiger partial charge in [0.25, 0.3) is 5.91 Å². The van der Waals surface area contributed by atoms with E-state index in [0.29, 0.717) is 16.9 Å². The average Bonchev–Trinajstić information content (AvgIpc) is 3.06. The number of nitrogens with one attached hydrogen (secondary N) is 2. The third-order valence-corrected chi connectivity index (χ3v) is 4.29. The highest BCUT2D eigenvalue weighted by atomic mass is 79.9. The standard InChI is InChI=1S/C19H13BrN4O/c20-13-3-1-4-14(11-13)22-19(25)15-5-2-6-16-17(15)24-18(23-16)12-7-9-21-10-8-12/h1-11H,(H,22,25)(H,23,24). The van der Waals surface area contributed by atoms with Crippen LogP contribution in [0.3, 0.4) is 0 Å². The van der Waals surface area contributed by atoms with Crippen molar-refractivity contribution >= 4 is 38.6 Å². The summed E-state index contributed by atoms with van der Waals surface area (Å²) in [7, 11) is 0. The molecular weight excluding hydrogens is 380 g/mol. The van der Waals surface area contributed by atoms with Crippen LogP contribution in [0, 0.1) is 0 Å². The van der Waals surface area contributed by atoms with Crippen LogP contribution in [0.2, 0.25) is 0 Å². The number of fused-ring (bicyclic) bond motifs is 1. The largest absolute Gasteiger partial charge is 0.338 e. The molecule has 4 aromatic rings. The van der Waals surface area contributed by atoms with E-state index >= 15 is 0 Å². The Bertz CT molecular complexity index is 1060. The minimum atomic E-state index is -0.198. The van der Waals surface area contributed by atoms with Crippen LogP contribution in [0.25, 0.3) is 22.4 Å². The number of aromatic nitrogens is 3. The summed E-state index contributed by atoms with van der Waals surface area (Å²) in [5.74, 6) is 0.511. The third kappa shape index (κ3) is 3.16. The molecule has 0 saturated heterocycles. The number of H-pyrrole nitrogens is 1. The fourth-order valence-electron chi connectivity index (χ4n) is 2.63. The first kappa shape index (κ1) is 15.5. The van der Waals surface area contributed by atoms with Gasteiger partial charge in [0.15, 0.2) is 0 Å². The first-order valence-corrected chi connectivity index (χ1v) is 8.46. The fourth-order valence-corrected chi connectivity index (χ4v) is 3.03. The topological polar surface area (TPSA) is 70.7 Å². The quantitative estimate of drug-likeness (QED) is 0.533. The van der Waals surface area contributed by atoms with Crippen molar-refractivity contribution < 1.29 is 4.79 Å². The number of para-hydroxylation sites is 1. The fraction of sp³-hybridized carbons (Fsp3) is 0. The predicted molar refractivity (Wildman–Crippen MR) is 101 cm³/mol. The summed E-state index contributed by atoms with van der Waals surface area (Å²) in [5.41, 5.74) is 3.62. The van der Waals surface area contributed by atoms with Crippen molar-refractivity contribution in [1.29, 1.82) is 0 Å². The number of nitrogens with zero attached hydrogens (tertiary/aromatic N) is 2. The van der Waals surface area contributed by atoms with Gasteiger partial charge in [-0.1, -0.05) is 28.1 Å². The Hall–Kier alpha value is -2.99. The molecule has 0 saturated carbocycles. The molecule has 0 aliphatic rings. The Labute approximate surface area is 152 Å². The number of pyridine rings is 1. The number of hydrogen-bond donors (Lipinski definition) is 2. The molecule has 25 heavy (non-hydrogen) atoms. The molecule has 6 heteroatoms. The maximum Gasteiger partial charge on any atom is 0.257 e. The number of amides is 1. The zero-order valence-corrected chi connectivity index (χ0v) is 14.6. The van der Waals surface area contributed by atoms with Crippen molar-refractivity contribution in [1.82, 2.24) is 15.0 Å². The Morgan fingerprint density at radius 1 is 1.04 bits per heavy atom. The van der Waals surface area contributed by atoms with Gasteiger partial charge >= 0.3 is 0 Å². The summed E-state index contributed by atoms with van der Waals surface area (Å²) in [6, 6.07) is 16.7. The smallest absolute Gasteiger partial charge is 0.257 e. The second kappa shape index (κ2) is 6.49. The van der Waals surface area contributed by atoms with Crippen molar-refractivity contribution in [2.75, 3.05) is 5.32 Å². The van der Waals surface area contributed by atoms with E-state index in [4.69, 9.17) is 0 Å². The van der Waals surface area contributed by atoms with Crippen LogP contribution in [0.15, 0.2) is 71.5 Å². The molecule has 0 unspecified atom stereocenters. The molecule has 0 fully saturated rings. The minimum absolute atomic E-state index is 0.198. The Balaban J connectivity index is 1.72. The highest BCUT2D eigenvalue weighted by Gasteiger charge is 2.14. The lowest BCUT2D eigenvalue weighted by atomic mass is 10.1. The second-order valence-electron chi connectivity index (χ2n) is 5.49. The molecule has 0 atom stereocenters. The highest BCUT2D eigenvalue weighted by molar-refractivity contribution is 9.10. The van der Waals surface area contributed by atoms with Crippen LogP contribution in [-0.4, -0.2) is 20.9 Å². The van der Waals surface area contributed by atoms with Gasteiger partial charge in [-0.15, -0.1) is 0 Å². The lowest BCUT2D eigenvalue weighted by Gasteiger charge is -2.06. The number of carbonyl (C=O) groups excluding carboxylic acids is 1. The van der Waals surface area contributed by atoms with Gasteiger partial charge in [0.1, 0.15) is 11.3 Å². The van der Waals surface area contributed by atoms with Crippen LogP contribution in [0.1, 0.15) is 10.4 Å². The Kier molecular flexibility index (Phi) is 4.03. The zero-order valence-electron chi connectivity index (χ0n) is 13.0. The van der Waals surface area contributed by atoms with Crippen LogP contribution in [-0.2, 0) is 0 Å². The first-order valence-electron chi connectivity index (χ1n) is 7.67. The van der Waals surface area contributed by atoms with Crippen molar-refractivity contribution in [3.8, 4) is 11.4 Å². The summed E-state index contributed by atoms with van der Waals surface area (Å²) in [6.45, 7) is 0. The average molecular weight is 393 g/mol.